The van der Waals surface area contributed by atoms with Gasteiger partial charge in [-0.15, -0.1) is 0 Å². The van der Waals surface area contributed by atoms with Gasteiger partial charge in [0, 0.05) is 38.5 Å². The molecule has 1 saturated heterocycles. The van der Waals surface area contributed by atoms with Crippen molar-refractivity contribution in [2.24, 2.45) is 5.92 Å². The molecule has 0 bridgehead atoms. The molecule has 232 valence electrons. The molecule has 1 fully saturated rings. The molecule has 1 heterocycles. The van der Waals surface area contributed by atoms with Crippen molar-refractivity contribution in [3.8, 4) is 0 Å². The van der Waals surface area contributed by atoms with Crippen LogP contribution in [0.1, 0.15) is 76.7 Å². The van der Waals surface area contributed by atoms with Crippen LogP contribution in [0.4, 0.5) is 0 Å². The number of nitrogens with one attached hydrogen (secondary N) is 3. The summed E-state index contributed by atoms with van der Waals surface area (Å²) < 4.78 is 33.8. The van der Waals surface area contributed by atoms with E-state index in [-0.39, 0.29) is 25.9 Å². The molecule has 1 aromatic carbocycles. The number of carboxylic acid groups (broad SMARTS) is 1. The molecule has 1 aromatic rings. The van der Waals surface area contributed by atoms with Crippen LogP contribution in [0.2, 0.25) is 0 Å². The second-order valence-corrected chi connectivity index (χ2v) is 12.3. The molecule has 1 aliphatic heterocycles. The number of carbonyl (C=O) groups is 3. The Morgan fingerprint density at radius 2 is 1.59 bits per heavy atom. The highest BCUT2D eigenvalue weighted by Crippen LogP contribution is 2.17. The normalized spacial score (nSPS) is 15.6. The number of hydrogen-bond acceptors (Lipinski definition) is 6. The van der Waals surface area contributed by atoms with Gasteiger partial charge >= 0.3 is 5.97 Å². The highest BCUT2D eigenvalue weighted by Gasteiger charge is 2.27. The van der Waals surface area contributed by atoms with Crippen LogP contribution in [-0.2, 0) is 35.8 Å². The Labute approximate surface area is 245 Å². The lowest BCUT2D eigenvalue weighted by molar-refractivity contribution is -0.141. The Kier molecular flexibility index (Phi) is 16.5. The summed E-state index contributed by atoms with van der Waals surface area (Å²) in [6.45, 7) is 3.84. The summed E-state index contributed by atoms with van der Waals surface area (Å²) in [5.41, 5.74) is 0.855. The average Bonchev–Trinajstić information content (AvgIpc) is 2.96. The van der Waals surface area contributed by atoms with Crippen molar-refractivity contribution >= 4 is 28.0 Å². The number of amides is 2. The van der Waals surface area contributed by atoms with E-state index in [1.807, 2.05) is 30.3 Å². The fraction of sp³-hybridized carbons (Fsp3) is 0.690. The smallest absolute Gasteiger partial charge is 0.304 e. The molecule has 0 aliphatic carbocycles. The number of nitrogens with zero attached hydrogens (tertiary/aromatic N) is 1. The number of carboxylic acids is 1. The van der Waals surface area contributed by atoms with Crippen LogP contribution in [0, 0.1) is 5.92 Å². The Bertz CT molecular complexity index is 1020. The van der Waals surface area contributed by atoms with Gasteiger partial charge in [-0.3, -0.25) is 14.4 Å². The van der Waals surface area contributed by atoms with Crippen LogP contribution in [0.5, 0.6) is 0 Å². The number of benzene rings is 1. The van der Waals surface area contributed by atoms with Gasteiger partial charge in [-0.25, -0.2) is 4.72 Å². The minimum Gasteiger partial charge on any atom is -0.481 e. The van der Waals surface area contributed by atoms with Crippen molar-refractivity contribution in [3.05, 3.63) is 35.9 Å². The third kappa shape index (κ3) is 14.3. The Morgan fingerprint density at radius 3 is 2.24 bits per heavy atom. The van der Waals surface area contributed by atoms with Crippen molar-refractivity contribution in [1.29, 1.82) is 0 Å². The van der Waals surface area contributed by atoms with Gasteiger partial charge in [0.05, 0.1) is 19.6 Å². The Hall–Kier alpha value is -2.54. The Balaban J connectivity index is 1.90. The molecule has 0 unspecified atom stereocenters. The van der Waals surface area contributed by atoms with Gasteiger partial charge in [0.1, 0.15) is 6.04 Å². The molecule has 0 radical (unpaired) electrons. The minimum atomic E-state index is -3.61. The quantitative estimate of drug-likeness (QED) is 0.159. The molecule has 0 aromatic heterocycles. The van der Waals surface area contributed by atoms with Gasteiger partial charge in [-0.2, -0.15) is 12.7 Å². The van der Waals surface area contributed by atoms with Crippen LogP contribution >= 0.6 is 0 Å². The van der Waals surface area contributed by atoms with Gasteiger partial charge in [-0.1, -0.05) is 82.2 Å². The molecule has 12 heteroatoms. The van der Waals surface area contributed by atoms with Crippen LogP contribution in [0.15, 0.2) is 30.3 Å². The fourth-order valence-electron chi connectivity index (χ4n) is 4.74. The second-order valence-electron chi connectivity index (χ2n) is 10.5. The van der Waals surface area contributed by atoms with Gasteiger partial charge in [-0.05, 0) is 18.4 Å². The van der Waals surface area contributed by atoms with E-state index in [4.69, 9.17) is 4.74 Å². The summed E-state index contributed by atoms with van der Waals surface area (Å²) in [7, 11) is -3.61. The zero-order valence-electron chi connectivity index (χ0n) is 24.3. The predicted octanol–water partition coefficient (Wildman–Crippen LogP) is 2.62. The van der Waals surface area contributed by atoms with Crippen LogP contribution in [0.25, 0.3) is 0 Å². The highest BCUT2D eigenvalue weighted by atomic mass is 32.2. The molecule has 4 N–H and O–H groups in total. The largest absolute Gasteiger partial charge is 0.481 e. The first-order valence-electron chi connectivity index (χ1n) is 14.9. The fourth-order valence-corrected chi connectivity index (χ4v) is 5.95. The topological polar surface area (TPSA) is 154 Å². The molecule has 2 atom stereocenters. The zero-order chi connectivity index (χ0) is 29.9. The van der Waals surface area contributed by atoms with Gasteiger partial charge in [0.15, 0.2) is 0 Å². The average molecular weight is 597 g/mol. The van der Waals surface area contributed by atoms with Crippen molar-refractivity contribution in [3.63, 3.8) is 0 Å². The molecule has 2 amide bonds. The lowest BCUT2D eigenvalue weighted by Crippen LogP contribution is -2.50. The van der Waals surface area contributed by atoms with Crippen LogP contribution in [0.3, 0.4) is 0 Å². The summed E-state index contributed by atoms with van der Waals surface area (Å²) in [4.78, 5) is 37.8. The SMILES string of the molecule is CCCCCCCCC[C@@H](CC(=O)O)C(=O)N[C@H](Cc1ccccc1)C(=O)NCCCNS(=O)(=O)N1CCOCC1. The molecule has 0 spiro atoms. The van der Waals surface area contributed by atoms with Crippen molar-refractivity contribution < 1.29 is 32.6 Å². The van der Waals surface area contributed by atoms with E-state index < -0.39 is 40.0 Å². The molecule has 41 heavy (non-hydrogen) atoms. The lowest BCUT2D eigenvalue weighted by Gasteiger charge is -2.26. The third-order valence-corrected chi connectivity index (χ3v) is 8.72. The maximum atomic E-state index is 13.2. The van der Waals surface area contributed by atoms with E-state index in [9.17, 15) is 27.9 Å². The number of carbonyl (C=O) groups excluding carboxylic acids is 2. The monoisotopic (exact) mass is 596 g/mol. The molecular formula is C29H48N4O7S. The first-order valence-corrected chi connectivity index (χ1v) is 16.3. The number of hydrogen-bond donors (Lipinski definition) is 4. The maximum Gasteiger partial charge on any atom is 0.304 e. The predicted molar refractivity (Wildman–Crippen MR) is 157 cm³/mol. The molecule has 11 nitrogen and oxygen atoms in total. The number of morpholine rings is 1. The van der Waals surface area contributed by atoms with E-state index in [0.29, 0.717) is 39.1 Å². The van der Waals surface area contributed by atoms with E-state index in [1.165, 1.54) is 23.6 Å². The van der Waals surface area contributed by atoms with E-state index in [2.05, 4.69) is 22.3 Å². The maximum absolute atomic E-state index is 13.2. The zero-order valence-corrected chi connectivity index (χ0v) is 25.1. The standard InChI is InChI=1S/C29H48N4O7S/c1-2-3-4-5-6-7-11-15-25(23-27(34)35)28(36)32-26(22-24-13-9-8-10-14-24)29(37)30-16-12-17-31-41(38,39)33-18-20-40-21-19-33/h8-10,13-14,25-26,31H,2-7,11-12,15-23H2,1H3,(H,30,37)(H,32,36)(H,34,35)/t25-,26+/m0/s1. The lowest BCUT2D eigenvalue weighted by atomic mass is 9.95. The van der Waals surface area contributed by atoms with E-state index in [0.717, 1.165) is 31.2 Å². The molecule has 0 saturated carbocycles. The first kappa shape index (κ1) is 34.7. The van der Waals surface area contributed by atoms with Crippen molar-refractivity contribution in [1.82, 2.24) is 19.7 Å². The second kappa shape index (κ2) is 19.6. The summed E-state index contributed by atoms with van der Waals surface area (Å²) in [6, 6.07) is 8.39. The van der Waals surface area contributed by atoms with Crippen LogP contribution < -0.4 is 15.4 Å². The van der Waals surface area contributed by atoms with E-state index in [1.54, 1.807) is 0 Å². The summed E-state index contributed by atoms with van der Waals surface area (Å²) >= 11 is 0. The Morgan fingerprint density at radius 1 is 0.927 bits per heavy atom. The number of ether oxygens (including phenoxy) is 1. The van der Waals surface area contributed by atoms with Crippen LogP contribution in [-0.4, -0.2) is 81.0 Å². The summed E-state index contributed by atoms with van der Waals surface area (Å²) in [6.07, 6.45) is 8.24. The first-order chi connectivity index (χ1) is 19.7. The highest BCUT2D eigenvalue weighted by molar-refractivity contribution is 7.87. The third-order valence-electron chi connectivity index (χ3n) is 7.11. The van der Waals surface area contributed by atoms with Crippen molar-refractivity contribution in [2.45, 2.75) is 83.6 Å². The number of rotatable bonds is 21. The van der Waals surface area contributed by atoms with Gasteiger partial charge < -0.3 is 20.5 Å². The minimum absolute atomic E-state index is 0.148. The summed E-state index contributed by atoms with van der Waals surface area (Å²) in [5.74, 6) is -2.60. The molecule has 1 aliphatic rings. The molecular weight excluding hydrogens is 548 g/mol. The number of aliphatic carboxylic acids is 1. The van der Waals surface area contributed by atoms with Gasteiger partial charge in [0.25, 0.3) is 10.2 Å². The van der Waals surface area contributed by atoms with Gasteiger partial charge in [0.2, 0.25) is 11.8 Å². The van der Waals surface area contributed by atoms with Crippen molar-refractivity contribution in [2.75, 3.05) is 39.4 Å². The summed E-state index contributed by atoms with van der Waals surface area (Å²) in [5, 5.41) is 15.0. The number of unbranched alkanes of at least 4 members (excludes halogenated alkanes) is 6. The van der Waals surface area contributed by atoms with E-state index >= 15 is 0 Å². The molecule has 2 rings (SSSR count).